The lowest BCUT2D eigenvalue weighted by atomic mass is 9.84. The first kappa shape index (κ1) is 15.4. The summed E-state index contributed by atoms with van der Waals surface area (Å²) in [6.07, 6.45) is 7.85. The lowest BCUT2D eigenvalue weighted by molar-refractivity contribution is 0.0739. The van der Waals surface area contributed by atoms with Gasteiger partial charge in [0, 0.05) is 12.1 Å². The predicted octanol–water partition coefficient (Wildman–Crippen LogP) is 2.34. The van der Waals surface area contributed by atoms with E-state index in [1.807, 2.05) is 10.9 Å². The Hall–Kier alpha value is -0.940. The Labute approximate surface area is 122 Å². The minimum absolute atomic E-state index is 0.00597. The summed E-state index contributed by atoms with van der Waals surface area (Å²) in [5, 5.41) is 8.30. The van der Waals surface area contributed by atoms with Crippen molar-refractivity contribution in [2.45, 2.75) is 71.0 Å². The van der Waals surface area contributed by atoms with Crippen LogP contribution in [0.3, 0.4) is 0 Å². The van der Waals surface area contributed by atoms with Gasteiger partial charge in [0.25, 0.3) is 0 Å². The second-order valence-electron chi connectivity index (χ2n) is 5.84. The molecule has 0 aromatic carbocycles. The lowest BCUT2D eigenvalue weighted by Crippen LogP contribution is -2.54. The molecule has 1 atom stereocenters. The van der Waals surface area contributed by atoms with E-state index < -0.39 is 0 Å². The number of aromatic nitrogens is 3. The van der Waals surface area contributed by atoms with Gasteiger partial charge < -0.3 is 5.73 Å². The summed E-state index contributed by atoms with van der Waals surface area (Å²) >= 11 is 0. The van der Waals surface area contributed by atoms with Crippen molar-refractivity contribution in [3.8, 4) is 0 Å². The molecule has 0 aliphatic heterocycles. The zero-order valence-corrected chi connectivity index (χ0v) is 13.2. The molecule has 1 fully saturated rings. The maximum absolute atomic E-state index is 6.72. The van der Waals surface area contributed by atoms with E-state index in [1.54, 1.807) is 0 Å². The Bertz CT molecular complexity index is 404. The van der Waals surface area contributed by atoms with Gasteiger partial charge in [-0.3, -0.25) is 4.90 Å². The summed E-state index contributed by atoms with van der Waals surface area (Å²) in [5.41, 5.74) is 7.91. The van der Waals surface area contributed by atoms with Gasteiger partial charge in [-0.2, -0.15) is 0 Å². The van der Waals surface area contributed by atoms with Crippen molar-refractivity contribution in [1.29, 1.82) is 0 Å². The minimum Gasteiger partial charge on any atom is -0.321 e. The van der Waals surface area contributed by atoms with Crippen LogP contribution in [0, 0.1) is 0 Å². The number of likely N-dealkylation sites (N-methyl/N-ethyl adjacent to an activating group) is 1. The zero-order chi connectivity index (χ0) is 14.6. The Balaban J connectivity index is 2.31. The third-order valence-electron chi connectivity index (χ3n) is 4.84. The van der Waals surface area contributed by atoms with Gasteiger partial charge in [-0.05, 0) is 32.4 Å². The summed E-state index contributed by atoms with van der Waals surface area (Å²) < 4.78 is 1.99. The van der Waals surface area contributed by atoms with E-state index >= 15 is 0 Å². The topological polar surface area (TPSA) is 60.0 Å². The maximum atomic E-state index is 6.72. The molecule has 114 valence electrons. The standard InChI is InChI=1S/C15H29N5/c1-4-11-20-13(12-17-18-20)14(16)15(9-7-8-10-15)19(5-2)6-3/h12,14H,4-11,16H2,1-3H3. The summed E-state index contributed by atoms with van der Waals surface area (Å²) in [5.74, 6) is 0. The molecule has 1 saturated carbocycles. The van der Waals surface area contributed by atoms with Crippen molar-refractivity contribution in [3.05, 3.63) is 11.9 Å². The number of nitrogens with zero attached hydrogens (tertiary/aromatic N) is 4. The van der Waals surface area contributed by atoms with Crippen LogP contribution in [0.2, 0.25) is 0 Å². The molecule has 5 nitrogen and oxygen atoms in total. The minimum atomic E-state index is 0.00597. The molecule has 0 bridgehead atoms. The molecule has 1 unspecified atom stereocenters. The summed E-state index contributed by atoms with van der Waals surface area (Å²) in [6, 6.07) is 0.00597. The van der Waals surface area contributed by atoms with Crippen molar-refractivity contribution in [2.75, 3.05) is 13.1 Å². The number of hydrogen-bond donors (Lipinski definition) is 1. The highest BCUT2D eigenvalue weighted by molar-refractivity contribution is 5.14. The van der Waals surface area contributed by atoms with Gasteiger partial charge in [-0.1, -0.05) is 38.8 Å². The third-order valence-corrected chi connectivity index (χ3v) is 4.84. The first-order chi connectivity index (χ1) is 9.69. The molecule has 20 heavy (non-hydrogen) atoms. The van der Waals surface area contributed by atoms with Gasteiger partial charge in [0.2, 0.25) is 0 Å². The van der Waals surface area contributed by atoms with Crippen LogP contribution in [0.15, 0.2) is 6.20 Å². The molecule has 0 amide bonds. The average Bonchev–Trinajstić information content (AvgIpc) is 3.10. The van der Waals surface area contributed by atoms with Crippen LogP contribution < -0.4 is 5.73 Å². The zero-order valence-electron chi connectivity index (χ0n) is 13.2. The van der Waals surface area contributed by atoms with Crippen LogP contribution in [-0.2, 0) is 6.54 Å². The van der Waals surface area contributed by atoms with Crippen molar-refractivity contribution >= 4 is 0 Å². The fourth-order valence-electron chi connectivity index (χ4n) is 3.83. The van der Waals surface area contributed by atoms with E-state index in [2.05, 4.69) is 36.0 Å². The first-order valence-electron chi connectivity index (χ1n) is 8.08. The molecule has 2 N–H and O–H groups in total. The Morgan fingerprint density at radius 2 is 1.95 bits per heavy atom. The summed E-state index contributed by atoms with van der Waals surface area (Å²) in [4.78, 5) is 2.55. The SMILES string of the molecule is CCCn1nncc1C(N)C1(N(CC)CC)CCCC1. The molecule has 1 aromatic heterocycles. The van der Waals surface area contributed by atoms with Gasteiger partial charge in [0.1, 0.15) is 0 Å². The van der Waals surface area contributed by atoms with E-state index in [9.17, 15) is 0 Å². The Morgan fingerprint density at radius 3 is 2.50 bits per heavy atom. The molecule has 1 aromatic rings. The van der Waals surface area contributed by atoms with Gasteiger partial charge >= 0.3 is 0 Å². The monoisotopic (exact) mass is 279 g/mol. The fraction of sp³-hybridized carbons (Fsp3) is 0.867. The van der Waals surface area contributed by atoms with Crippen molar-refractivity contribution in [2.24, 2.45) is 5.73 Å². The van der Waals surface area contributed by atoms with Crippen LogP contribution in [0.25, 0.3) is 0 Å². The van der Waals surface area contributed by atoms with Gasteiger partial charge in [0.05, 0.1) is 17.9 Å². The first-order valence-corrected chi connectivity index (χ1v) is 8.08. The van der Waals surface area contributed by atoms with E-state index in [0.717, 1.165) is 31.7 Å². The predicted molar refractivity (Wildman–Crippen MR) is 81.4 cm³/mol. The lowest BCUT2D eigenvalue weighted by Gasteiger charge is -2.44. The Kier molecular flexibility index (Phi) is 5.16. The summed E-state index contributed by atoms with van der Waals surface area (Å²) in [6.45, 7) is 9.64. The van der Waals surface area contributed by atoms with Crippen LogP contribution in [0.1, 0.15) is 64.6 Å². The van der Waals surface area contributed by atoms with Crippen LogP contribution in [0.5, 0.6) is 0 Å². The normalized spacial score (nSPS) is 19.6. The average molecular weight is 279 g/mol. The number of rotatable bonds is 7. The number of aryl methyl sites for hydroxylation is 1. The van der Waals surface area contributed by atoms with Gasteiger partial charge in [-0.25, -0.2) is 4.68 Å². The van der Waals surface area contributed by atoms with E-state index in [-0.39, 0.29) is 11.6 Å². The van der Waals surface area contributed by atoms with Gasteiger partial charge in [0.15, 0.2) is 0 Å². The van der Waals surface area contributed by atoms with Crippen molar-refractivity contribution in [3.63, 3.8) is 0 Å². The third kappa shape index (κ3) is 2.61. The highest BCUT2D eigenvalue weighted by atomic mass is 15.4. The van der Waals surface area contributed by atoms with E-state index in [4.69, 9.17) is 5.73 Å². The smallest absolute Gasteiger partial charge is 0.0773 e. The molecule has 1 heterocycles. The fourth-order valence-corrected chi connectivity index (χ4v) is 3.83. The molecule has 5 heteroatoms. The summed E-state index contributed by atoms with van der Waals surface area (Å²) in [7, 11) is 0. The van der Waals surface area contributed by atoms with E-state index in [1.165, 1.54) is 25.7 Å². The second-order valence-corrected chi connectivity index (χ2v) is 5.84. The van der Waals surface area contributed by atoms with Gasteiger partial charge in [-0.15, -0.1) is 5.10 Å². The van der Waals surface area contributed by atoms with Crippen molar-refractivity contribution in [1.82, 2.24) is 19.9 Å². The second kappa shape index (κ2) is 6.68. The maximum Gasteiger partial charge on any atom is 0.0773 e. The van der Waals surface area contributed by atoms with Crippen molar-refractivity contribution < 1.29 is 0 Å². The largest absolute Gasteiger partial charge is 0.321 e. The number of nitrogens with two attached hydrogens (primary N) is 1. The molecular formula is C15H29N5. The molecule has 2 rings (SSSR count). The van der Waals surface area contributed by atoms with E-state index in [0.29, 0.717) is 0 Å². The van der Waals surface area contributed by atoms with Crippen LogP contribution >= 0.6 is 0 Å². The quantitative estimate of drug-likeness (QED) is 0.832. The molecular weight excluding hydrogens is 250 g/mol. The van der Waals surface area contributed by atoms with Crippen LogP contribution in [0.4, 0.5) is 0 Å². The number of hydrogen-bond acceptors (Lipinski definition) is 4. The highest BCUT2D eigenvalue weighted by Crippen LogP contribution is 2.43. The van der Waals surface area contributed by atoms with Crippen LogP contribution in [-0.4, -0.2) is 38.5 Å². The molecule has 0 spiro atoms. The molecule has 1 aliphatic rings. The molecule has 1 aliphatic carbocycles. The molecule has 0 saturated heterocycles. The highest BCUT2D eigenvalue weighted by Gasteiger charge is 2.45. The molecule has 0 radical (unpaired) electrons. The Morgan fingerprint density at radius 1 is 1.30 bits per heavy atom.